The first-order valence-electron chi connectivity index (χ1n) is 5.45. The standard InChI is InChI=1S/C13H15N3S/c1-9-5-4-6-11(7-9)17-12-10(2)8-15-13(14-3)16-12/h4-8H,1-3H3,(H,14,15,16). The maximum Gasteiger partial charge on any atom is 0.223 e. The SMILES string of the molecule is CNc1ncc(C)c(Sc2cccc(C)c2)n1. The van der Waals surface area contributed by atoms with Crippen molar-refractivity contribution in [3.63, 3.8) is 0 Å². The van der Waals surface area contributed by atoms with Crippen molar-refractivity contribution in [3.8, 4) is 0 Å². The van der Waals surface area contributed by atoms with Crippen LogP contribution in [0.1, 0.15) is 11.1 Å². The van der Waals surface area contributed by atoms with Crippen LogP contribution in [-0.4, -0.2) is 17.0 Å². The first-order valence-corrected chi connectivity index (χ1v) is 6.26. The highest BCUT2D eigenvalue weighted by molar-refractivity contribution is 7.99. The van der Waals surface area contributed by atoms with Crippen LogP contribution in [0, 0.1) is 13.8 Å². The smallest absolute Gasteiger partial charge is 0.223 e. The van der Waals surface area contributed by atoms with Crippen LogP contribution in [0.5, 0.6) is 0 Å². The van der Waals surface area contributed by atoms with Crippen LogP contribution in [0.4, 0.5) is 5.95 Å². The molecule has 3 nitrogen and oxygen atoms in total. The third-order valence-electron chi connectivity index (χ3n) is 2.35. The van der Waals surface area contributed by atoms with Crippen molar-refractivity contribution in [1.82, 2.24) is 9.97 Å². The van der Waals surface area contributed by atoms with Gasteiger partial charge in [-0.05, 0) is 26.0 Å². The lowest BCUT2D eigenvalue weighted by Crippen LogP contribution is -1.98. The third-order valence-corrected chi connectivity index (χ3v) is 3.45. The minimum absolute atomic E-state index is 0.658. The summed E-state index contributed by atoms with van der Waals surface area (Å²) in [6.07, 6.45) is 1.84. The molecule has 4 heteroatoms. The number of hydrogen-bond acceptors (Lipinski definition) is 4. The van der Waals surface area contributed by atoms with E-state index in [-0.39, 0.29) is 0 Å². The molecule has 1 aromatic heterocycles. The first-order chi connectivity index (χ1) is 8.19. The molecule has 0 bridgehead atoms. The van der Waals surface area contributed by atoms with Crippen molar-refractivity contribution in [2.75, 3.05) is 12.4 Å². The highest BCUT2D eigenvalue weighted by Crippen LogP contribution is 2.29. The summed E-state index contributed by atoms with van der Waals surface area (Å²) < 4.78 is 0. The number of aromatic nitrogens is 2. The van der Waals surface area contributed by atoms with Gasteiger partial charge in [-0.2, -0.15) is 0 Å². The first kappa shape index (κ1) is 11.9. The normalized spacial score (nSPS) is 10.3. The predicted octanol–water partition coefficient (Wildman–Crippen LogP) is 3.29. The van der Waals surface area contributed by atoms with Gasteiger partial charge in [0.2, 0.25) is 5.95 Å². The van der Waals surface area contributed by atoms with E-state index in [0.717, 1.165) is 10.6 Å². The Morgan fingerprint density at radius 3 is 2.76 bits per heavy atom. The van der Waals surface area contributed by atoms with Crippen molar-refractivity contribution in [3.05, 3.63) is 41.6 Å². The van der Waals surface area contributed by atoms with Gasteiger partial charge in [0.25, 0.3) is 0 Å². The molecule has 1 heterocycles. The summed E-state index contributed by atoms with van der Waals surface area (Å²) in [5.74, 6) is 0.658. The van der Waals surface area contributed by atoms with Gasteiger partial charge in [0, 0.05) is 23.7 Å². The lowest BCUT2D eigenvalue weighted by Gasteiger charge is -2.06. The number of rotatable bonds is 3. The molecule has 0 saturated carbocycles. The summed E-state index contributed by atoms with van der Waals surface area (Å²) in [5.41, 5.74) is 2.35. The number of anilines is 1. The minimum atomic E-state index is 0.658. The van der Waals surface area contributed by atoms with E-state index in [0.29, 0.717) is 5.95 Å². The lowest BCUT2D eigenvalue weighted by atomic mass is 10.2. The van der Waals surface area contributed by atoms with Crippen LogP contribution in [0.3, 0.4) is 0 Å². The summed E-state index contributed by atoms with van der Waals surface area (Å²) in [5, 5.41) is 3.95. The highest BCUT2D eigenvalue weighted by atomic mass is 32.2. The van der Waals surface area contributed by atoms with Crippen molar-refractivity contribution < 1.29 is 0 Å². The van der Waals surface area contributed by atoms with Gasteiger partial charge in [-0.1, -0.05) is 29.5 Å². The lowest BCUT2D eigenvalue weighted by molar-refractivity contribution is 1.00. The van der Waals surface area contributed by atoms with Gasteiger partial charge in [0.05, 0.1) is 0 Å². The van der Waals surface area contributed by atoms with Crippen LogP contribution in [0.25, 0.3) is 0 Å². The Balaban J connectivity index is 2.29. The van der Waals surface area contributed by atoms with Crippen LogP contribution < -0.4 is 5.32 Å². The Labute approximate surface area is 106 Å². The zero-order valence-corrected chi connectivity index (χ0v) is 11.0. The maximum absolute atomic E-state index is 4.46. The quantitative estimate of drug-likeness (QED) is 0.842. The van der Waals surface area contributed by atoms with Gasteiger partial charge in [0.15, 0.2) is 0 Å². The highest BCUT2D eigenvalue weighted by Gasteiger charge is 2.05. The predicted molar refractivity (Wildman–Crippen MR) is 71.6 cm³/mol. The molecule has 0 radical (unpaired) electrons. The summed E-state index contributed by atoms with van der Waals surface area (Å²) in [4.78, 5) is 9.84. The molecule has 0 unspecified atom stereocenters. The molecule has 0 aliphatic rings. The molecule has 2 rings (SSSR count). The Hall–Kier alpha value is -1.55. The van der Waals surface area contributed by atoms with Gasteiger partial charge in [-0.25, -0.2) is 9.97 Å². The number of aryl methyl sites for hydroxylation is 2. The average Bonchev–Trinajstić information content (AvgIpc) is 2.32. The average molecular weight is 245 g/mol. The Bertz CT molecular complexity index is 526. The summed E-state index contributed by atoms with van der Waals surface area (Å²) in [6, 6.07) is 8.41. The maximum atomic E-state index is 4.46. The van der Waals surface area contributed by atoms with E-state index in [2.05, 4.69) is 46.5 Å². The molecule has 0 saturated heterocycles. The molecule has 2 aromatic rings. The molecule has 0 aliphatic carbocycles. The Morgan fingerprint density at radius 2 is 2.06 bits per heavy atom. The largest absolute Gasteiger partial charge is 0.357 e. The van der Waals surface area contributed by atoms with Crippen LogP contribution in [0.15, 0.2) is 40.4 Å². The molecule has 1 aromatic carbocycles. The molecule has 0 atom stereocenters. The summed E-state index contributed by atoms with van der Waals surface area (Å²) in [6.45, 7) is 4.12. The molecule has 1 N–H and O–H groups in total. The fourth-order valence-electron chi connectivity index (χ4n) is 1.44. The van der Waals surface area contributed by atoms with E-state index in [1.807, 2.05) is 20.2 Å². The zero-order valence-electron chi connectivity index (χ0n) is 10.2. The number of benzene rings is 1. The van der Waals surface area contributed by atoms with Crippen molar-refractivity contribution in [1.29, 1.82) is 0 Å². The van der Waals surface area contributed by atoms with E-state index in [1.165, 1.54) is 10.5 Å². The van der Waals surface area contributed by atoms with Crippen molar-refractivity contribution in [2.24, 2.45) is 0 Å². The van der Waals surface area contributed by atoms with Gasteiger partial charge in [-0.15, -0.1) is 0 Å². The number of nitrogens with one attached hydrogen (secondary N) is 1. The summed E-state index contributed by atoms with van der Waals surface area (Å²) in [7, 11) is 1.83. The van der Waals surface area contributed by atoms with Crippen molar-refractivity contribution in [2.45, 2.75) is 23.8 Å². The van der Waals surface area contributed by atoms with Gasteiger partial charge in [-0.3, -0.25) is 0 Å². The van der Waals surface area contributed by atoms with Crippen LogP contribution in [0.2, 0.25) is 0 Å². The molecule has 0 amide bonds. The van der Waals surface area contributed by atoms with E-state index in [1.54, 1.807) is 11.8 Å². The topological polar surface area (TPSA) is 37.8 Å². The Morgan fingerprint density at radius 1 is 1.24 bits per heavy atom. The van der Waals surface area contributed by atoms with Crippen molar-refractivity contribution >= 4 is 17.7 Å². The molecular formula is C13H15N3S. The fourth-order valence-corrected chi connectivity index (χ4v) is 2.40. The second-order valence-electron chi connectivity index (χ2n) is 3.85. The van der Waals surface area contributed by atoms with Gasteiger partial charge < -0.3 is 5.32 Å². The monoisotopic (exact) mass is 245 g/mol. The van der Waals surface area contributed by atoms with E-state index < -0.39 is 0 Å². The molecule has 88 valence electrons. The number of hydrogen-bond donors (Lipinski definition) is 1. The van der Waals surface area contributed by atoms with Crippen LogP contribution >= 0.6 is 11.8 Å². The van der Waals surface area contributed by atoms with E-state index in [4.69, 9.17) is 0 Å². The Kier molecular flexibility index (Phi) is 3.64. The molecule has 17 heavy (non-hydrogen) atoms. The summed E-state index contributed by atoms with van der Waals surface area (Å²) >= 11 is 1.67. The minimum Gasteiger partial charge on any atom is -0.357 e. The van der Waals surface area contributed by atoms with E-state index >= 15 is 0 Å². The fraction of sp³-hybridized carbons (Fsp3) is 0.231. The molecular weight excluding hydrogens is 230 g/mol. The van der Waals surface area contributed by atoms with E-state index in [9.17, 15) is 0 Å². The number of nitrogens with zero attached hydrogens (tertiary/aromatic N) is 2. The van der Waals surface area contributed by atoms with Gasteiger partial charge in [0.1, 0.15) is 5.03 Å². The zero-order chi connectivity index (χ0) is 12.3. The van der Waals surface area contributed by atoms with Gasteiger partial charge >= 0.3 is 0 Å². The second-order valence-corrected chi connectivity index (χ2v) is 4.91. The third kappa shape index (κ3) is 2.97. The molecule has 0 fully saturated rings. The van der Waals surface area contributed by atoms with Crippen LogP contribution in [-0.2, 0) is 0 Å². The molecule has 0 aliphatic heterocycles. The molecule has 0 spiro atoms. The second kappa shape index (κ2) is 5.19.